The van der Waals surface area contributed by atoms with Crippen LogP contribution in [0.2, 0.25) is 0 Å². The van der Waals surface area contributed by atoms with Crippen LogP contribution >= 0.6 is 0 Å². The molecule has 0 saturated carbocycles. The maximum atomic E-state index is 13.0. The minimum Gasteiger partial charge on any atom is -0.341 e. The molecule has 2 aromatic rings. The van der Waals surface area contributed by atoms with E-state index in [2.05, 4.69) is 4.98 Å². The Bertz CT molecular complexity index is 905. The smallest absolute Gasteiger partial charge is 0.262 e. The molecule has 0 unspecified atom stereocenters. The zero-order valence-electron chi connectivity index (χ0n) is 15.4. The van der Waals surface area contributed by atoms with Gasteiger partial charge in [-0.3, -0.25) is 4.79 Å². The average Bonchev–Trinajstić information content (AvgIpc) is 2.84. The van der Waals surface area contributed by atoms with Crippen molar-refractivity contribution >= 4 is 15.9 Å². The maximum Gasteiger partial charge on any atom is 0.262 e. The molecule has 0 N–H and O–H groups in total. The van der Waals surface area contributed by atoms with Crippen LogP contribution in [0.5, 0.6) is 0 Å². The number of hydrogen-bond donors (Lipinski definition) is 0. The summed E-state index contributed by atoms with van der Waals surface area (Å²) in [7, 11) is -1.93. The first-order valence-corrected chi connectivity index (χ1v) is 10.2. The molecule has 0 atom stereocenters. The van der Waals surface area contributed by atoms with E-state index >= 15 is 0 Å². The van der Waals surface area contributed by atoms with Crippen LogP contribution in [-0.4, -0.2) is 59.3 Å². The van der Waals surface area contributed by atoms with Gasteiger partial charge in [-0.25, -0.2) is 17.8 Å². The van der Waals surface area contributed by atoms with Crippen LogP contribution in [0, 0.1) is 12.7 Å². The van der Waals surface area contributed by atoms with E-state index in [1.54, 1.807) is 35.6 Å². The van der Waals surface area contributed by atoms with Crippen LogP contribution in [0.4, 0.5) is 4.39 Å². The third kappa shape index (κ3) is 4.36. The fraction of sp³-hybridized carbons (Fsp3) is 0.444. The van der Waals surface area contributed by atoms with Crippen molar-refractivity contribution in [2.24, 2.45) is 7.05 Å². The Labute approximate surface area is 158 Å². The number of carbonyl (C=O) groups excluding carboxylic acids is 1. The number of sulfonamides is 1. The molecule has 1 aromatic heterocycles. The SMILES string of the molecule is Cc1nc(S(=O)(=O)N2CCCN(C(=O)Cc3ccc(F)cc3)CC2)cn1C. The lowest BCUT2D eigenvalue weighted by molar-refractivity contribution is -0.130. The van der Waals surface area contributed by atoms with E-state index in [-0.39, 0.29) is 29.7 Å². The lowest BCUT2D eigenvalue weighted by Crippen LogP contribution is -2.38. The van der Waals surface area contributed by atoms with Gasteiger partial charge in [0.15, 0.2) is 5.03 Å². The molecule has 27 heavy (non-hydrogen) atoms. The Morgan fingerprint density at radius 1 is 1.15 bits per heavy atom. The van der Waals surface area contributed by atoms with Crippen molar-refractivity contribution in [2.75, 3.05) is 26.2 Å². The summed E-state index contributed by atoms with van der Waals surface area (Å²) in [6.45, 7) is 3.14. The maximum absolute atomic E-state index is 13.0. The second-order valence-corrected chi connectivity index (χ2v) is 8.56. The van der Waals surface area contributed by atoms with Crippen LogP contribution in [0.1, 0.15) is 17.8 Å². The summed E-state index contributed by atoms with van der Waals surface area (Å²) in [5, 5.41) is 0.0357. The summed E-state index contributed by atoms with van der Waals surface area (Å²) in [6.07, 6.45) is 2.24. The lowest BCUT2D eigenvalue weighted by atomic mass is 10.1. The van der Waals surface area contributed by atoms with Crippen molar-refractivity contribution in [1.82, 2.24) is 18.8 Å². The molecule has 2 heterocycles. The van der Waals surface area contributed by atoms with Crippen molar-refractivity contribution in [3.8, 4) is 0 Å². The fourth-order valence-electron chi connectivity index (χ4n) is 3.06. The minimum atomic E-state index is -3.68. The first-order valence-electron chi connectivity index (χ1n) is 8.80. The third-order valence-electron chi connectivity index (χ3n) is 4.77. The highest BCUT2D eigenvalue weighted by atomic mass is 32.2. The van der Waals surface area contributed by atoms with E-state index in [0.717, 1.165) is 5.56 Å². The minimum absolute atomic E-state index is 0.0357. The van der Waals surface area contributed by atoms with Crippen LogP contribution in [-0.2, 0) is 28.3 Å². The van der Waals surface area contributed by atoms with Gasteiger partial charge >= 0.3 is 0 Å². The molecule has 1 aliphatic rings. The molecule has 7 nitrogen and oxygen atoms in total. The number of benzene rings is 1. The van der Waals surface area contributed by atoms with E-state index < -0.39 is 10.0 Å². The zero-order valence-corrected chi connectivity index (χ0v) is 16.2. The van der Waals surface area contributed by atoms with Gasteiger partial charge in [-0.15, -0.1) is 0 Å². The van der Waals surface area contributed by atoms with E-state index in [0.29, 0.717) is 31.9 Å². The van der Waals surface area contributed by atoms with Crippen LogP contribution in [0.15, 0.2) is 35.5 Å². The Kier molecular flexibility index (Phi) is 5.61. The molecular weight excluding hydrogens is 371 g/mol. The van der Waals surface area contributed by atoms with E-state index in [9.17, 15) is 17.6 Å². The summed E-state index contributed by atoms with van der Waals surface area (Å²) < 4.78 is 41.7. The number of imidazole rings is 1. The Balaban J connectivity index is 1.66. The molecule has 1 fully saturated rings. The Hall–Kier alpha value is -2.26. The molecule has 0 bridgehead atoms. The van der Waals surface area contributed by atoms with Crippen molar-refractivity contribution in [3.63, 3.8) is 0 Å². The molecule has 0 radical (unpaired) electrons. The predicted molar refractivity (Wildman–Crippen MR) is 98.0 cm³/mol. The lowest BCUT2D eigenvalue weighted by Gasteiger charge is -2.21. The van der Waals surface area contributed by atoms with Gasteiger partial charge in [0.2, 0.25) is 5.91 Å². The van der Waals surface area contributed by atoms with Crippen LogP contribution in [0.25, 0.3) is 0 Å². The normalized spacial score (nSPS) is 16.3. The number of aromatic nitrogens is 2. The highest BCUT2D eigenvalue weighted by Gasteiger charge is 2.30. The molecule has 1 amide bonds. The number of carbonyl (C=O) groups is 1. The number of amides is 1. The Morgan fingerprint density at radius 2 is 1.85 bits per heavy atom. The van der Waals surface area contributed by atoms with Crippen molar-refractivity contribution in [2.45, 2.75) is 24.8 Å². The standard InChI is InChI=1S/C18H23FN4O3S/c1-14-20-17(13-21(14)2)27(25,26)23-9-3-8-22(10-11-23)18(24)12-15-4-6-16(19)7-5-15/h4-7,13H,3,8-12H2,1-2H3. The van der Waals surface area contributed by atoms with Gasteiger partial charge in [-0.05, 0) is 31.0 Å². The first-order chi connectivity index (χ1) is 12.8. The molecule has 0 spiro atoms. The second kappa shape index (κ2) is 7.77. The predicted octanol–water partition coefficient (Wildman–Crippen LogP) is 1.33. The van der Waals surface area contributed by atoms with Gasteiger partial charge in [-0.1, -0.05) is 12.1 Å². The van der Waals surface area contributed by atoms with Crippen molar-refractivity contribution in [3.05, 3.63) is 47.7 Å². The van der Waals surface area contributed by atoms with Crippen molar-refractivity contribution < 1.29 is 17.6 Å². The van der Waals surface area contributed by atoms with E-state index in [1.165, 1.54) is 22.6 Å². The molecule has 1 aromatic carbocycles. The van der Waals surface area contributed by atoms with Gasteiger partial charge in [0.25, 0.3) is 10.0 Å². The highest BCUT2D eigenvalue weighted by Crippen LogP contribution is 2.17. The monoisotopic (exact) mass is 394 g/mol. The molecule has 9 heteroatoms. The van der Waals surface area contributed by atoms with Crippen LogP contribution in [0.3, 0.4) is 0 Å². The average molecular weight is 394 g/mol. The first kappa shape index (κ1) is 19.5. The van der Waals surface area contributed by atoms with E-state index in [1.807, 2.05) is 0 Å². The molecule has 1 saturated heterocycles. The quantitative estimate of drug-likeness (QED) is 0.784. The van der Waals surface area contributed by atoms with Gasteiger partial charge in [0.05, 0.1) is 6.42 Å². The number of hydrogen-bond acceptors (Lipinski definition) is 4. The third-order valence-corrected chi connectivity index (χ3v) is 6.54. The Morgan fingerprint density at radius 3 is 2.48 bits per heavy atom. The summed E-state index contributed by atoms with van der Waals surface area (Å²) in [4.78, 5) is 18.3. The summed E-state index contributed by atoms with van der Waals surface area (Å²) in [5.41, 5.74) is 0.735. The number of rotatable bonds is 4. The number of aryl methyl sites for hydroxylation is 2. The zero-order chi connectivity index (χ0) is 19.6. The van der Waals surface area contributed by atoms with Crippen molar-refractivity contribution in [1.29, 1.82) is 0 Å². The molecular formula is C18H23FN4O3S. The summed E-state index contributed by atoms with van der Waals surface area (Å²) >= 11 is 0. The number of nitrogens with zero attached hydrogens (tertiary/aromatic N) is 4. The van der Waals surface area contributed by atoms with Gasteiger partial charge < -0.3 is 9.47 Å². The molecule has 1 aliphatic heterocycles. The largest absolute Gasteiger partial charge is 0.341 e. The van der Waals surface area contributed by atoms with E-state index in [4.69, 9.17) is 0 Å². The van der Waals surface area contributed by atoms with Gasteiger partial charge in [0, 0.05) is 39.4 Å². The van der Waals surface area contributed by atoms with Gasteiger partial charge in [0.1, 0.15) is 11.6 Å². The molecule has 146 valence electrons. The number of halogens is 1. The van der Waals surface area contributed by atoms with Gasteiger partial charge in [-0.2, -0.15) is 4.31 Å². The summed E-state index contributed by atoms with van der Waals surface area (Å²) in [5.74, 6) is 0.195. The van der Waals surface area contributed by atoms with Crippen LogP contribution < -0.4 is 0 Å². The second-order valence-electron chi connectivity index (χ2n) is 6.68. The topological polar surface area (TPSA) is 75.5 Å². The highest BCUT2D eigenvalue weighted by molar-refractivity contribution is 7.89. The fourth-order valence-corrected chi connectivity index (χ4v) is 4.55. The molecule has 0 aliphatic carbocycles. The summed E-state index contributed by atoms with van der Waals surface area (Å²) in [6, 6.07) is 5.83. The molecule has 3 rings (SSSR count).